The fourth-order valence-corrected chi connectivity index (χ4v) is 4.12. The Morgan fingerprint density at radius 2 is 2.00 bits per heavy atom. The number of hydrogen-bond donors (Lipinski definition) is 3. The van der Waals surface area contributed by atoms with Crippen LogP contribution in [0, 0.1) is 0 Å². The Morgan fingerprint density at radius 1 is 1.25 bits per heavy atom. The van der Waals surface area contributed by atoms with Crippen LogP contribution in [0.1, 0.15) is 35.2 Å². The van der Waals surface area contributed by atoms with Crippen LogP contribution in [0.5, 0.6) is 5.75 Å². The molecule has 1 aliphatic heterocycles. The van der Waals surface area contributed by atoms with Crippen molar-refractivity contribution in [1.29, 1.82) is 0 Å². The SMILES string of the molecule is NC1=NS(=O)(=O)Nc2cccc(OCC3(NC(=O)c4ccncc4)CCC3)c21. The van der Waals surface area contributed by atoms with E-state index in [1.807, 2.05) is 0 Å². The second-order valence-corrected chi connectivity index (χ2v) is 8.18. The van der Waals surface area contributed by atoms with Crippen LogP contribution >= 0.6 is 0 Å². The van der Waals surface area contributed by atoms with Crippen molar-refractivity contribution in [2.24, 2.45) is 10.1 Å². The topological polar surface area (TPSA) is 136 Å². The minimum atomic E-state index is -3.85. The zero-order valence-electron chi connectivity index (χ0n) is 14.9. The Kier molecular flexibility index (Phi) is 4.42. The maximum atomic E-state index is 12.5. The van der Waals surface area contributed by atoms with Crippen molar-refractivity contribution in [3.8, 4) is 5.75 Å². The molecule has 146 valence electrons. The molecule has 0 spiro atoms. The van der Waals surface area contributed by atoms with Gasteiger partial charge in [-0.3, -0.25) is 14.5 Å². The number of ether oxygens (including phenoxy) is 1. The fourth-order valence-electron chi connectivity index (χ4n) is 3.28. The van der Waals surface area contributed by atoms with Gasteiger partial charge in [0.25, 0.3) is 5.91 Å². The van der Waals surface area contributed by atoms with Gasteiger partial charge in [-0.15, -0.1) is 4.40 Å². The monoisotopic (exact) mass is 401 g/mol. The molecule has 0 radical (unpaired) electrons. The minimum Gasteiger partial charge on any atom is -0.490 e. The van der Waals surface area contributed by atoms with Crippen molar-refractivity contribution in [2.75, 3.05) is 11.3 Å². The number of benzene rings is 1. The molecular weight excluding hydrogens is 382 g/mol. The van der Waals surface area contributed by atoms with Crippen LogP contribution < -0.4 is 20.5 Å². The molecule has 1 aromatic carbocycles. The number of aromatic nitrogens is 1. The number of hydrogen-bond acceptors (Lipinski definition) is 6. The molecule has 4 rings (SSSR count). The van der Waals surface area contributed by atoms with E-state index in [2.05, 4.69) is 19.4 Å². The van der Waals surface area contributed by atoms with E-state index in [-0.39, 0.29) is 18.3 Å². The second-order valence-electron chi connectivity index (χ2n) is 6.84. The molecule has 2 heterocycles. The van der Waals surface area contributed by atoms with E-state index >= 15 is 0 Å². The summed E-state index contributed by atoms with van der Waals surface area (Å²) in [7, 11) is -3.85. The first-order valence-electron chi connectivity index (χ1n) is 8.74. The van der Waals surface area contributed by atoms with Crippen molar-refractivity contribution in [3.63, 3.8) is 0 Å². The van der Waals surface area contributed by atoms with E-state index in [1.54, 1.807) is 42.7 Å². The van der Waals surface area contributed by atoms with Gasteiger partial charge in [-0.1, -0.05) is 6.07 Å². The molecule has 0 saturated heterocycles. The van der Waals surface area contributed by atoms with Gasteiger partial charge in [-0.05, 0) is 43.5 Å². The van der Waals surface area contributed by atoms with Crippen molar-refractivity contribution in [3.05, 3.63) is 53.9 Å². The van der Waals surface area contributed by atoms with E-state index in [0.717, 1.165) is 19.3 Å². The van der Waals surface area contributed by atoms with Crippen molar-refractivity contribution in [2.45, 2.75) is 24.8 Å². The number of amides is 1. The highest BCUT2D eigenvalue weighted by atomic mass is 32.2. The molecule has 1 saturated carbocycles. The lowest BCUT2D eigenvalue weighted by Gasteiger charge is -2.42. The van der Waals surface area contributed by atoms with Crippen LogP contribution in [-0.4, -0.2) is 37.3 Å². The summed E-state index contributed by atoms with van der Waals surface area (Å²) in [6, 6.07) is 8.25. The number of pyridine rings is 1. The first-order valence-corrected chi connectivity index (χ1v) is 10.2. The lowest BCUT2D eigenvalue weighted by atomic mass is 9.77. The predicted octanol–water partition coefficient (Wildman–Crippen LogP) is 1.19. The molecule has 2 aromatic rings. The molecule has 1 aromatic heterocycles. The zero-order chi connectivity index (χ0) is 19.8. The molecule has 0 atom stereocenters. The quantitative estimate of drug-likeness (QED) is 0.688. The lowest BCUT2D eigenvalue weighted by Crippen LogP contribution is -2.57. The number of nitrogens with zero attached hydrogens (tertiary/aromatic N) is 2. The summed E-state index contributed by atoms with van der Waals surface area (Å²) in [5.41, 5.74) is 6.60. The van der Waals surface area contributed by atoms with Crippen LogP contribution in [0.4, 0.5) is 5.69 Å². The highest BCUT2D eigenvalue weighted by Gasteiger charge is 2.40. The third-order valence-electron chi connectivity index (χ3n) is 4.88. The number of carbonyl (C=O) groups excluding carboxylic acids is 1. The largest absolute Gasteiger partial charge is 0.490 e. The Hall–Kier alpha value is -3.14. The lowest BCUT2D eigenvalue weighted by molar-refractivity contribution is 0.0691. The first kappa shape index (κ1) is 18.2. The van der Waals surface area contributed by atoms with Crippen LogP contribution in [0.15, 0.2) is 47.1 Å². The number of nitrogens with one attached hydrogen (secondary N) is 2. The molecule has 28 heavy (non-hydrogen) atoms. The highest BCUT2D eigenvalue weighted by molar-refractivity contribution is 7.91. The van der Waals surface area contributed by atoms with E-state index in [4.69, 9.17) is 10.5 Å². The fraction of sp³-hybridized carbons (Fsp3) is 0.278. The summed E-state index contributed by atoms with van der Waals surface area (Å²) in [6.45, 7) is 0.236. The van der Waals surface area contributed by atoms with E-state index < -0.39 is 15.7 Å². The highest BCUT2D eigenvalue weighted by Crippen LogP contribution is 2.35. The van der Waals surface area contributed by atoms with Gasteiger partial charge >= 0.3 is 10.2 Å². The summed E-state index contributed by atoms with van der Waals surface area (Å²) >= 11 is 0. The Bertz CT molecular complexity index is 1050. The van der Waals surface area contributed by atoms with Gasteiger partial charge in [-0.2, -0.15) is 8.42 Å². The Labute approximate surface area is 162 Å². The summed E-state index contributed by atoms with van der Waals surface area (Å²) in [6.07, 6.45) is 5.69. The van der Waals surface area contributed by atoms with E-state index in [1.165, 1.54) is 0 Å². The molecule has 10 heteroatoms. The molecule has 9 nitrogen and oxygen atoms in total. The summed E-state index contributed by atoms with van der Waals surface area (Å²) in [5, 5.41) is 3.06. The average molecular weight is 401 g/mol. The van der Waals surface area contributed by atoms with Crippen LogP contribution in [0.3, 0.4) is 0 Å². The first-order chi connectivity index (χ1) is 13.4. The molecule has 0 unspecified atom stereocenters. The summed E-state index contributed by atoms with van der Waals surface area (Å²) in [4.78, 5) is 16.4. The van der Waals surface area contributed by atoms with Crippen molar-refractivity contribution >= 4 is 27.6 Å². The van der Waals surface area contributed by atoms with E-state index in [9.17, 15) is 13.2 Å². The van der Waals surface area contributed by atoms with Crippen LogP contribution in [-0.2, 0) is 10.2 Å². The molecule has 1 fully saturated rings. The molecular formula is C18H19N5O4S. The smallest absolute Gasteiger partial charge is 0.344 e. The number of fused-ring (bicyclic) bond motifs is 1. The van der Waals surface area contributed by atoms with Gasteiger partial charge in [0.2, 0.25) is 0 Å². The van der Waals surface area contributed by atoms with Gasteiger partial charge in [-0.25, -0.2) is 0 Å². The number of carbonyl (C=O) groups is 1. The zero-order valence-corrected chi connectivity index (χ0v) is 15.7. The predicted molar refractivity (Wildman–Crippen MR) is 103 cm³/mol. The third-order valence-corrected chi connectivity index (χ3v) is 5.79. The standard InChI is InChI=1S/C18H19N5O4S/c19-16-15-13(22-28(25,26)23-16)3-1-4-14(15)27-11-18(7-2-8-18)21-17(24)12-5-9-20-10-6-12/h1,3-6,9-10,22H,2,7-8,11H2,(H2,19,23)(H,21,24). The van der Waals surface area contributed by atoms with Gasteiger partial charge in [0, 0.05) is 18.0 Å². The molecule has 0 bridgehead atoms. The molecule has 1 aliphatic carbocycles. The number of nitrogens with two attached hydrogens (primary N) is 1. The van der Waals surface area contributed by atoms with Crippen molar-refractivity contribution < 1.29 is 17.9 Å². The van der Waals surface area contributed by atoms with Gasteiger partial charge < -0.3 is 15.8 Å². The van der Waals surface area contributed by atoms with Gasteiger partial charge in [0.15, 0.2) is 5.84 Å². The van der Waals surface area contributed by atoms with Crippen LogP contribution in [0.25, 0.3) is 0 Å². The number of anilines is 1. The number of rotatable bonds is 5. The third kappa shape index (κ3) is 3.50. The normalized spacial score (nSPS) is 18.6. The van der Waals surface area contributed by atoms with Gasteiger partial charge in [0.1, 0.15) is 12.4 Å². The van der Waals surface area contributed by atoms with E-state index in [0.29, 0.717) is 22.6 Å². The van der Waals surface area contributed by atoms with Gasteiger partial charge in [0.05, 0.1) is 16.8 Å². The second kappa shape index (κ2) is 6.79. The average Bonchev–Trinajstić information content (AvgIpc) is 2.63. The number of amidine groups is 1. The minimum absolute atomic E-state index is 0.132. The van der Waals surface area contributed by atoms with Crippen LogP contribution in [0.2, 0.25) is 0 Å². The maximum absolute atomic E-state index is 12.5. The Balaban J connectivity index is 1.52. The summed E-state index contributed by atoms with van der Waals surface area (Å²) in [5.74, 6) is 0.0908. The molecule has 4 N–H and O–H groups in total. The molecule has 2 aliphatic rings. The molecule has 1 amide bonds. The maximum Gasteiger partial charge on any atom is 0.344 e. The Morgan fingerprint density at radius 3 is 2.68 bits per heavy atom. The van der Waals surface area contributed by atoms with Crippen molar-refractivity contribution in [1.82, 2.24) is 10.3 Å². The summed E-state index contributed by atoms with van der Waals surface area (Å²) < 4.78 is 35.2.